The molecule has 5 N–H and O–H groups in total. The maximum atomic E-state index is 12.0. The molecule has 0 radical (unpaired) electrons. The molecule has 1 aromatic rings. The number of nitrogens with two attached hydrogens (primary N) is 1. The molecule has 3 atom stereocenters. The number of aromatic nitrogens is 2. The number of nitrogens with zero attached hydrogens (tertiary/aromatic N) is 3. The third-order valence-corrected chi connectivity index (χ3v) is 5.32. The molecule has 1 aliphatic heterocycles. The molecule has 2 heterocycles. The second-order valence-electron chi connectivity index (χ2n) is 7.45. The maximum absolute atomic E-state index is 12.0. The number of hydrogen-bond acceptors (Lipinski definition) is 9. The average Bonchev–Trinajstić information content (AvgIpc) is 2.98. The summed E-state index contributed by atoms with van der Waals surface area (Å²) in [5.74, 6) is 0.406. The molecule has 1 fully saturated rings. The normalized spacial score (nSPS) is 23.7. The van der Waals surface area contributed by atoms with Crippen LogP contribution in [0.4, 0.5) is 17.5 Å². The van der Waals surface area contributed by atoms with Crippen LogP contribution >= 0.6 is 0 Å². The number of anilines is 3. The first-order valence-electron chi connectivity index (χ1n) is 9.22. The van der Waals surface area contributed by atoms with Crippen LogP contribution in [0.1, 0.15) is 19.3 Å². The zero-order valence-corrected chi connectivity index (χ0v) is 15.8. The number of carbonyl (C=O) groups excluding carboxylic acids is 1. The minimum Gasteiger partial charge on any atom is -0.465 e. The third-order valence-electron chi connectivity index (χ3n) is 5.32. The van der Waals surface area contributed by atoms with Gasteiger partial charge in [-0.15, -0.1) is 0 Å². The van der Waals surface area contributed by atoms with Gasteiger partial charge in [-0.1, -0.05) is 0 Å². The molecule has 1 aliphatic carbocycles. The number of aliphatic hydroxyl groups excluding tert-OH is 1. The number of ether oxygens (including phenoxy) is 1. The highest BCUT2D eigenvalue weighted by Crippen LogP contribution is 2.42. The smallest absolute Gasteiger partial charge is 0.305 e. The summed E-state index contributed by atoms with van der Waals surface area (Å²) in [6.07, 6.45) is 1.87. The Morgan fingerprint density at radius 1 is 1.48 bits per heavy atom. The molecule has 150 valence electrons. The fourth-order valence-corrected chi connectivity index (χ4v) is 3.75. The minimum absolute atomic E-state index is 0.0112. The molecule has 0 bridgehead atoms. The van der Waals surface area contributed by atoms with E-state index >= 15 is 0 Å². The van der Waals surface area contributed by atoms with Crippen LogP contribution in [0.5, 0.6) is 0 Å². The maximum Gasteiger partial charge on any atom is 0.305 e. The van der Waals surface area contributed by atoms with Crippen LogP contribution in [0.2, 0.25) is 0 Å². The molecule has 1 saturated carbocycles. The molecule has 0 saturated heterocycles. The minimum atomic E-state index is -0.304. The van der Waals surface area contributed by atoms with E-state index in [1.54, 1.807) is 0 Å². The van der Waals surface area contributed by atoms with Crippen molar-refractivity contribution in [2.45, 2.75) is 25.3 Å². The van der Waals surface area contributed by atoms with E-state index in [1.165, 1.54) is 0 Å². The van der Waals surface area contributed by atoms with Crippen LogP contribution in [-0.2, 0) is 9.53 Å². The topological polar surface area (TPSA) is 137 Å². The number of aliphatic hydroxyl groups is 1. The molecule has 27 heavy (non-hydrogen) atoms. The van der Waals surface area contributed by atoms with Gasteiger partial charge in [0.2, 0.25) is 5.95 Å². The second kappa shape index (κ2) is 8.13. The van der Waals surface area contributed by atoms with Crippen molar-refractivity contribution in [1.29, 1.82) is 0 Å². The zero-order valence-electron chi connectivity index (χ0n) is 15.8. The predicted molar refractivity (Wildman–Crippen MR) is 101 cm³/mol. The van der Waals surface area contributed by atoms with Gasteiger partial charge in [0.05, 0.1) is 13.3 Å². The number of nitrogen functional groups attached to an aromatic ring is 1. The highest BCUT2D eigenvalue weighted by Gasteiger charge is 2.47. The Balaban J connectivity index is 1.61. The van der Waals surface area contributed by atoms with Crippen molar-refractivity contribution < 1.29 is 14.6 Å². The van der Waals surface area contributed by atoms with Gasteiger partial charge in [-0.25, -0.2) is 0 Å². The summed E-state index contributed by atoms with van der Waals surface area (Å²) in [4.78, 5) is 34.7. The van der Waals surface area contributed by atoms with Crippen molar-refractivity contribution in [3.63, 3.8) is 0 Å². The summed E-state index contributed by atoms with van der Waals surface area (Å²) >= 11 is 0. The molecule has 3 rings (SSSR count). The SMILES string of the molecule is CN(C)CCCC(=O)OCC1C(CO)CC1N1CNc2c1nc(N)[nH]c2=O. The highest BCUT2D eigenvalue weighted by molar-refractivity contribution is 5.71. The lowest BCUT2D eigenvalue weighted by Gasteiger charge is -2.48. The quantitative estimate of drug-likeness (QED) is 0.437. The molecule has 10 heteroatoms. The number of hydrogen-bond donors (Lipinski definition) is 4. The van der Waals surface area contributed by atoms with Crippen molar-refractivity contribution in [1.82, 2.24) is 14.9 Å². The summed E-state index contributed by atoms with van der Waals surface area (Å²) < 4.78 is 5.46. The van der Waals surface area contributed by atoms with Crippen LogP contribution in [-0.4, -0.2) is 72.5 Å². The largest absolute Gasteiger partial charge is 0.465 e. The molecule has 1 aromatic heterocycles. The van der Waals surface area contributed by atoms with Gasteiger partial charge in [-0.3, -0.25) is 14.6 Å². The van der Waals surface area contributed by atoms with Crippen LogP contribution in [0, 0.1) is 11.8 Å². The van der Waals surface area contributed by atoms with Gasteiger partial charge in [-0.2, -0.15) is 4.98 Å². The van der Waals surface area contributed by atoms with E-state index in [2.05, 4.69) is 15.3 Å². The van der Waals surface area contributed by atoms with E-state index < -0.39 is 0 Å². The first kappa shape index (κ1) is 19.4. The number of aromatic amines is 1. The Morgan fingerprint density at radius 3 is 2.96 bits per heavy atom. The monoisotopic (exact) mass is 380 g/mol. The summed E-state index contributed by atoms with van der Waals surface area (Å²) in [6.45, 7) is 1.56. The molecular weight excluding hydrogens is 352 g/mol. The Kier molecular flexibility index (Phi) is 5.85. The number of fused-ring (bicyclic) bond motifs is 1. The lowest BCUT2D eigenvalue weighted by molar-refractivity contribution is -0.148. The molecule has 3 unspecified atom stereocenters. The number of rotatable bonds is 8. The molecule has 0 amide bonds. The second-order valence-corrected chi connectivity index (χ2v) is 7.45. The van der Waals surface area contributed by atoms with Crippen molar-refractivity contribution in [3.8, 4) is 0 Å². The summed E-state index contributed by atoms with van der Waals surface area (Å²) in [6, 6.07) is 0.0270. The number of esters is 1. The van der Waals surface area contributed by atoms with E-state index in [9.17, 15) is 14.7 Å². The first-order valence-corrected chi connectivity index (χ1v) is 9.22. The van der Waals surface area contributed by atoms with Crippen LogP contribution < -0.4 is 21.5 Å². The van der Waals surface area contributed by atoms with Gasteiger partial charge in [-0.05, 0) is 39.4 Å². The standard InChI is InChI=1S/C17H28N6O4/c1-22(2)5-3-4-13(25)27-8-11-10(7-24)6-12(11)23-9-19-14-15(23)20-17(18)21-16(14)26/h10-12,19,24H,3-9H2,1-2H3,(H3,18,20,21,26). The molecule has 10 nitrogen and oxygen atoms in total. The van der Waals surface area contributed by atoms with E-state index in [4.69, 9.17) is 10.5 Å². The summed E-state index contributed by atoms with van der Waals surface area (Å²) in [5.41, 5.74) is 5.77. The molecule has 2 aliphatic rings. The van der Waals surface area contributed by atoms with Crippen molar-refractivity contribution >= 4 is 23.4 Å². The Morgan fingerprint density at radius 2 is 2.26 bits per heavy atom. The fourth-order valence-electron chi connectivity index (χ4n) is 3.75. The average molecular weight is 380 g/mol. The molecule has 0 spiro atoms. The first-order chi connectivity index (χ1) is 12.9. The van der Waals surface area contributed by atoms with Crippen LogP contribution in [0.3, 0.4) is 0 Å². The number of carbonyl (C=O) groups is 1. The lowest BCUT2D eigenvalue weighted by Crippen LogP contribution is -2.56. The van der Waals surface area contributed by atoms with Crippen molar-refractivity contribution in [2.75, 3.05) is 56.5 Å². The zero-order chi connectivity index (χ0) is 19.6. The summed E-state index contributed by atoms with van der Waals surface area (Å²) in [5, 5.41) is 12.6. The molecular formula is C17H28N6O4. The summed E-state index contributed by atoms with van der Waals surface area (Å²) in [7, 11) is 3.92. The van der Waals surface area contributed by atoms with Gasteiger partial charge in [0.25, 0.3) is 5.56 Å². The van der Waals surface area contributed by atoms with E-state index in [1.807, 2.05) is 23.9 Å². The van der Waals surface area contributed by atoms with Gasteiger partial charge in [0.1, 0.15) is 5.69 Å². The van der Waals surface area contributed by atoms with E-state index in [0.29, 0.717) is 24.6 Å². The van der Waals surface area contributed by atoms with Crippen molar-refractivity contribution in [2.24, 2.45) is 11.8 Å². The Bertz CT molecular complexity index is 737. The van der Waals surface area contributed by atoms with Crippen molar-refractivity contribution in [3.05, 3.63) is 10.4 Å². The van der Waals surface area contributed by atoms with E-state index in [0.717, 1.165) is 19.4 Å². The van der Waals surface area contributed by atoms with Gasteiger partial charge in [0, 0.05) is 25.0 Å². The Labute approximate surface area is 157 Å². The fraction of sp³-hybridized carbons (Fsp3) is 0.706. The molecule has 0 aromatic carbocycles. The number of nitrogens with one attached hydrogen (secondary N) is 2. The van der Waals surface area contributed by atoms with Gasteiger partial charge < -0.3 is 30.7 Å². The third kappa shape index (κ3) is 4.16. The highest BCUT2D eigenvalue weighted by atomic mass is 16.5. The Hall–Kier alpha value is -2.33. The van der Waals surface area contributed by atoms with Gasteiger partial charge >= 0.3 is 5.97 Å². The lowest BCUT2D eigenvalue weighted by atomic mass is 9.69. The number of H-pyrrole nitrogens is 1. The predicted octanol–water partition coefficient (Wildman–Crippen LogP) is -0.576. The van der Waals surface area contributed by atoms with E-state index in [-0.39, 0.29) is 48.6 Å². The van der Waals surface area contributed by atoms with Gasteiger partial charge in [0.15, 0.2) is 5.82 Å². The van der Waals surface area contributed by atoms with Crippen LogP contribution in [0.25, 0.3) is 0 Å². The van der Waals surface area contributed by atoms with Crippen LogP contribution in [0.15, 0.2) is 4.79 Å².